The zero-order chi connectivity index (χ0) is 18.4. The number of fused-ring (bicyclic) bond motifs is 2. The fraction of sp³-hybridized carbons (Fsp3) is 0.143. The fourth-order valence-electron chi connectivity index (χ4n) is 3.69. The number of rotatable bonds is 2. The summed E-state index contributed by atoms with van der Waals surface area (Å²) in [6, 6.07) is 16.9. The summed E-state index contributed by atoms with van der Waals surface area (Å²) < 4.78 is 1.07. The van der Waals surface area contributed by atoms with Gasteiger partial charge < -0.3 is 4.90 Å². The van der Waals surface area contributed by atoms with E-state index < -0.39 is 0 Å². The van der Waals surface area contributed by atoms with E-state index in [9.17, 15) is 0 Å². The minimum Gasteiger partial charge on any atom is -0.325 e. The van der Waals surface area contributed by atoms with Crippen LogP contribution in [0.5, 0.6) is 0 Å². The van der Waals surface area contributed by atoms with Crippen LogP contribution in [-0.4, -0.2) is 16.5 Å². The highest BCUT2D eigenvalue weighted by Gasteiger charge is 2.24. The van der Waals surface area contributed by atoms with Gasteiger partial charge in [-0.05, 0) is 53.8 Å². The minimum absolute atomic E-state index is 0.296. The van der Waals surface area contributed by atoms with E-state index in [1.165, 1.54) is 11.3 Å². The predicted molar refractivity (Wildman–Crippen MR) is 117 cm³/mol. The molecule has 1 aliphatic heterocycles. The van der Waals surface area contributed by atoms with Crippen molar-refractivity contribution < 1.29 is 0 Å². The maximum atomic E-state index is 6.30. The summed E-state index contributed by atoms with van der Waals surface area (Å²) in [6.45, 7) is 0.926. The number of benzene rings is 2. The Morgan fingerprint density at radius 1 is 1.04 bits per heavy atom. The molecule has 0 saturated carbocycles. The molecule has 0 bridgehead atoms. The molecule has 0 amide bonds. The smallest absolute Gasteiger partial charge is 0.225 e. The molecule has 3 heterocycles. The monoisotopic (exact) mass is 455 g/mol. The molecule has 0 radical (unpaired) electrons. The zero-order valence-electron chi connectivity index (χ0n) is 14.3. The van der Waals surface area contributed by atoms with Crippen LogP contribution < -0.4 is 4.90 Å². The number of hydrogen-bond donors (Lipinski definition) is 0. The minimum atomic E-state index is 0.296. The summed E-state index contributed by atoms with van der Waals surface area (Å²) >= 11 is 11.4. The van der Waals surface area contributed by atoms with Gasteiger partial charge in [-0.15, -0.1) is 11.3 Å². The number of para-hydroxylation sites is 1. The normalized spacial score (nSPS) is 13.8. The van der Waals surface area contributed by atoms with Gasteiger partial charge in [0.15, 0.2) is 0 Å². The molecule has 2 aromatic carbocycles. The molecular weight excluding hydrogens is 442 g/mol. The Bertz CT molecular complexity index is 1140. The summed E-state index contributed by atoms with van der Waals surface area (Å²) in [5.41, 5.74) is 4.87. The van der Waals surface area contributed by atoms with Gasteiger partial charge in [0.2, 0.25) is 5.28 Å². The third-order valence-electron chi connectivity index (χ3n) is 4.91. The number of nitrogens with zero attached hydrogens (tertiary/aromatic N) is 3. The third-order valence-corrected chi connectivity index (χ3v) is 6.48. The molecule has 1 aliphatic rings. The molecule has 0 N–H and O–H groups in total. The van der Waals surface area contributed by atoms with E-state index >= 15 is 0 Å². The first-order valence-electron chi connectivity index (χ1n) is 8.77. The molecule has 4 aromatic rings. The van der Waals surface area contributed by atoms with E-state index in [4.69, 9.17) is 11.6 Å². The lowest BCUT2D eigenvalue weighted by Gasteiger charge is -2.31. The van der Waals surface area contributed by atoms with Crippen LogP contribution in [0.4, 0.5) is 11.5 Å². The Morgan fingerprint density at radius 2 is 1.85 bits per heavy atom. The molecule has 0 unspecified atom stereocenters. The summed E-state index contributed by atoms with van der Waals surface area (Å²) in [6.07, 6.45) is 2.19. The van der Waals surface area contributed by atoms with E-state index in [1.807, 2.05) is 0 Å². The summed E-state index contributed by atoms with van der Waals surface area (Å²) in [5, 5.41) is 3.52. The molecule has 27 heavy (non-hydrogen) atoms. The standard InChI is InChI=1S/C21H15BrClN3S/c22-15-9-7-13(8-10-15)16-12-27-20-18(16)19(24-21(23)25-20)26-11-3-5-14-4-1-2-6-17(14)26/h1-2,4,6-10,12H,3,5,11H2. The van der Waals surface area contributed by atoms with E-state index in [1.54, 1.807) is 11.3 Å². The number of hydrogen-bond acceptors (Lipinski definition) is 4. The van der Waals surface area contributed by atoms with E-state index in [0.717, 1.165) is 51.0 Å². The maximum Gasteiger partial charge on any atom is 0.225 e. The van der Waals surface area contributed by atoms with Crippen molar-refractivity contribution in [3.63, 3.8) is 0 Å². The highest BCUT2D eigenvalue weighted by atomic mass is 79.9. The largest absolute Gasteiger partial charge is 0.325 e. The fourth-order valence-corrected chi connectivity index (χ4v) is 5.11. The first-order chi connectivity index (χ1) is 13.2. The first-order valence-corrected chi connectivity index (χ1v) is 10.8. The molecule has 3 nitrogen and oxygen atoms in total. The number of thiophene rings is 1. The molecule has 5 rings (SSSR count). The summed E-state index contributed by atoms with van der Waals surface area (Å²) in [5.74, 6) is 0.899. The summed E-state index contributed by atoms with van der Waals surface area (Å²) in [7, 11) is 0. The number of anilines is 2. The molecule has 0 fully saturated rings. The molecule has 0 atom stereocenters. The lowest BCUT2D eigenvalue weighted by molar-refractivity contribution is 0.761. The van der Waals surface area contributed by atoms with Gasteiger partial charge in [0, 0.05) is 27.6 Å². The van der Waals surface area contributed by atoms with E-state index in [2.05, 4.69) is 84.7 Å². The Labute approximate surface area is 174 Å². The van der Waals surface area contributed by atoms with Gasteiger partial charge in [-0.3, -0.25) is 0 Å². The Hall–Kier alpha value is -1.95. The Morgan fingerprint density at radius 3 is 2.70 bits per heavy atom. The van der Waals surface area contributed by atoms with Crippen LogP contribution in [-0.2, 0) is 6.42 Å². The second-order valence-electron chi connectivity index (χ2n) is 6.54. The highest BCUT2D eigenvalue weighted by Crippen LogP contribution is 2.42. The zero-order valence-corrected chi connectivity index (χ0v) is 17.5. The average molecular weight is 457 g/mol. The van der Waals surface area contributed by atoms with E-state index in [-0.39, 0.29) is 0 Å². The van der Waals surface area contributed by atoms with Crippen molar-refractivity contribution in [1.82, 2.24) is 9.97 Å². The van der Waals surface area contributed by atoms with Crippen LogP contribution in [0.25, 0.3) is 21.3 Å². The van der Waals surface area contributed by atoms with Gasteiger partial charge in [0.25, 0.3) is 0 Å². The maximum absolute atomic E-state index is 6.30. The van der Waals surface area contributed by atoms with Crippen molar-refractivity contribution in [3.8, 4) is 11.1 Å². The first kappa shape index (κ1) is 17.2. The van der Waals surface area contributed by atoms with Gasteiger partial charge in [-0.1, -0.05) is 46.3 Å². The predicted octanol–water partition coefficient (Wildman–Crippen LogP) is 6.86. The van der Waals surface area contributed by atoms with Crippen molar-refractivity contribution in [3.05, 3.63) is 69.2 Å². The van der Waals surface area contributed by atoms with Gasteiger partial charge in [-0.2, -0.15) is 4.98 Å². The molecule has 0 saturated heterocycles. The van der Waals surface area contributed by atoms with Crippen LogP contribution in [0.3, 0.4) is 0 Å². The van der Waals surface area contributed by atoms with Crippen LogP contribution >= 0.6 is 38.9 Å². The van der Waals surface area contributed by atoms with Gasteiger partial charge in [0.05, 0.1) is 5.39 Å². The highest BCUT2D eigenvalue weighted by molar-refractivity contribution is 9.10. The molecule has 0 spiro atoms. The Kier molecular flexibility index (Phi) is 4.38. The lowest BCUT2D eigenvalue weighted by Crippen LogP contribution is -2.25. The SMILES string of the molecule is Clc1nc(N2CCCc3ccccc32)c2c(-c3ccc(Br)cc3)csc2n1. The molecule has 2 aromatic heterocycles. The van der Waals surface area contributed by atoms with E-state index in [0.29, 0.717) is 5.28 Å². The quantitative estimate of drug-likeness (QED) is 0.309. The van der Waals surface area contributed by atoms with Crippen LogP contribution in [0.15, 0.2) is 58.4 Å². The van der Waals surface area contributed by atoms with Gasteiger partial charge in [0.1, 0.15) is 10.6 Å². The molecular formula is C21H15BrClN3S. The second kappa shape index (κ2) is 6.89. The van der Waals surface area contributed by atoms with Crippen molar-refractivity contribution in [2.75, 3.05) is 11.4 Å². The molecule has 6 heteroatoms. The number of aromatic nitrogens is 2. The van der Waals surface area contributed by atoms with Crippen molar-refractivity contribution >= 4 is 60.6 Å². The van der Waals surface area contributed by atoms with Crippen LogP contribution in [0.2, 0.25) is 5.28 Å². The van der Waals surface area contributed by atoms with Gasteiger partial charge >= 0.3 is 0 Å². The van der Waals surface area contributed by atoms with Crippen LogP contribution in [0, 0.1) is 0 Å². The van der Waals surface area contributed by atoms with Crippen molar-refractivity contribution in [1.29, 1.82) is 0 Å². The topological polar surface area (TPSA) is 29.0 Å². The molecule has 0 aliphatic carbocycles. The lowest BCUT2D eigenvalue weighted by atomic mass is 10.0. The van der Waals surface area contributed by atoms with Gasteiger partial charge in [-0.25, -0.2) is 4.98 Å². The second-order valence-corrected chi connectivity index (χ2v) is 8.65. The number of halogens is 2. The summed E-state index contributed by atoms with van der Waals surface area (Å²) in [4.78, 5) is 12.4. The van der Waals surface area contributed by atoms with Crippen LogP contribution in [0.1, 0.15) is 12.0 Å². The Balaban J connectivity index is 1.75. The average Bonchev–Trinajstić information content (AvgIpc) is 3.11. The van der Waals surface area contributed by atoms with Crippen molar-refractivity contribution in [2.45, 2.75) is 12.8 Å². The van der Waals surface area contributed by atoms with Crippen molar-refractivity contribution in [2.24, 2.45) is 0 Å². The number of aryl methyl sites for hydroxylation is 1. The molecule has 134 valence electrons. The third kappa shape index (κ3) is 3.04.